The van der Waals surface area contributed by atoms with Crippen LogP contribution in [0.25, 0.3) is 5.76 Å². The van der Waals surface area contributed by atoms with Crippen molar-refractivity contribution in [3.8, 4) is 17.2 Å². The molecular weight excluding hydrogens is 464 g/mol. The number of phenolic OH excluding ortho intramolecular Hbond substituents is 1. The maximum absolute atomic E-state index is 13.3. The first-order valence-electron chi connectivity index (χ1n) is 12.0. The minimum Gasteiger partial charge on any atom is -0.507 e. The van der Waals surface area contributed by atoms with Gasteiger partial charge in [0, 0.05) is 26.2 Å². The number of morpholine rings is 1. The van der Waals surface area contributed by atoms with Gasteiger partial charge in [0.1, 0.15) is 11.5 Å². The monoisotopic (exact) mass is 496 g/mol. The lowest BCUT2D eigenvalue weighted by Crippen LogP contribution is -2.39. The van der Waals surface area contributed by atoms with Crippen molar-refractivity contribution >= 4 is 17.4 Å². The zero-order valence-corrected chi connectivity index (χ0v) is 20.8. The fourth-order valence-corrected chi connectivity index (χ4v) is 4.75. The van der Waals surface area contributed by atoms with Crippen molar-refractivity contribution in [2.24, 2.45) is 0 Å². The standard InChI is InChI=1S/C27H32N2O7/c1-17-5-7-20(30)19(15-17)25(31)23-24(18-6-8-21(34-2)22(16-18)35-3)29(27(33)26(23)32)10-4-9-28-11-13-36-14-12-28/h5-8,15-16,24,30-31H,4,9-14H2,1-3H3/t24-/m1/s1. The number of hydrogen-bond donors (Lipinski definition) is 2. The van der Waals surface area contributed by atoms with Crippen LogP contribution < -0.4 is 9.47 Å². The number of aliphatic hydroxyl groups is 1. The molecule has 0 aliphatic carbocycles. The average Bonchev–Trinajstić information content (AvgIpc) is 3.15. The summed E-state index contributed by atoms with van der Waals surface area (Å²) in [6.45, 7) is 5.88. The zero-order valence-electron chi connectivity index (χ0n) is 20.8. The van der Waals surface area contributed by atoms with Crippen molar-refractivity contribution in [1.29, 1.82) is 0 Å². The van der Waals surface area contributed by atoms with Gasteiger partial charge in [-0.2, -0.15) is 0 Å². The van der Waals surface area contributed by atoms with Gasteiger partial charge in [0.15, 0.2) is 11.5 Å². The Morgan fingerprint density at radius 1 is 1.03 bits per heavy atom. The molecule has 0 radical (unpaired) electrons. The molecule has 2 aliphatic heterocycles. The lowest BCUT2D eigenvalue weighted by molar-refractivity contribution is -0.140. The van der Waals surface area contributed by atoms with Crippen LogP contribution in [0.15, 0.2) is 42.0 Å². The van der Waals surface area contributed by atoms with Crippen LogP contribution in [0.3, 0.4) is 0 Å². The summed E-state index contributed by atoms with van der Waals surface area (Å²) in [6.07, 6.45) is 0.645. The first-order valence-corrected chi connectivity index (χ1v) is 12.0. The third kappa shape index (κ3) is 5.03. The first kappa shape index (κ1) is 25.5. The van der Waals surface area contributed by atoms with Crippen LogP contribution in [-0.2, 0) is 14.3 Å². The second-order valence-electron chi connectivity index (χ2n) is 8.94. The van der Waals surface area contributed by atoms with E-state index in [9.17, 15) is 19.8 Å². The van der Waals surface area contributed by atoms with Gasteiger partial charge < -0.3 is 29.3 Å². The summed E-state index contributed by atoms with van der Waals surface area (Å²) >= 11 is 0. The number of ether oxygens (including phenoxy) is 3. The van der Waals surface area contributed by atoms with Crippen LogP contribution in [0.2, 0.25) is 0 Å². The Hall–Kier alpha value is -3.56. The van der Waals surface area contributed by atoms with Crippen molar-refractivity contribution < 1.29 is 34.0 Å². The number of aliphatic hydroxyl groups excluding tert-OH is 1. The molecule has 4 rings (SSSR count). The highest BCUT2D eigenvalue weighted by Crippen LogP contribution is 2.43. The Bertz CT molecular complexity index is 1170. The van der Waals surface area contributed by atoms with E-state index < -0.39 is 23.5 Å². The number of aromatic hydroxyl groups is 1. The predicted octanol–water partition coefficient (Wildman–Crippen LogP) is 2.86. The van der Waals surface area contributed by atoms with E-state index in [1.165, 1.54) is 25.2 Å². The topological polar surface area (TPSA) is 109 Å². The van der Waals surface area contributed by atoms with Crippen molar-refractivity contribution in [2.45, 2.75) is 19.4 Å². The maximum atomic E-state index is 13.3. The minimum atomic E-state index is -0.852. The predicted molar refractivity (Wildman–Crippen MR) is 133 cm³/mol. The van der Waals surface area contributed by atoms with Crippen LogP contribution in [0.5, 0.6) is 17.2 Å². The van der Waals surface area contributed by atoms with Gasteiger partial charge in [-0.15, -0.1) is 0 Å². The molecule has 9 nitrogen and oxygen atoms in total. The summed E-state index contributed by atoms with van der Waals surface area (Å²) in [6, 6.07) is 9.03. The molecule has 2 fully saturated rings. The van der Waals surface area contributed by atoms with Crippen molar-refractivity contribution in [1.82, 2.24) is 9.80 Å². The number of methoxy groups -OCH3 is 2. The lowest BCUT2D eigenvalue weighted by Gasteiger charge is -2.29. The SMILES string of the molecule is COc1ccc([C@@H]2C(=C(O)c3cc(C)ccc3O)C(=O)C(=O)N2CCCN2CCOCC2)cc1OC. The Labute approximate surface area is 210 Å². The summed E-state index contributed by atoms with van der Waals surface area (Å²) in [5.41, 5.74) is 1.41. The Morgan fingerprint density at radius 3 is 2.44 bits per heavy atom. The van der Waals surface area contributed by atoms with E-state index in [-0.39, 0.29) is 16.9 Å². The molecule has 0 unspecified atom stereocenters. The molecule has 0 spiro atoms. The number of likely N-dealkylation sites (tertiary alicyclic amines) is 1. The second-order valence-corrected chi connectivity index (χ2v) is 8.94. The van der Waals surface area contributed by atoms with E-state index >= 15 is 0 Å². The molecule has 0 bridgehead atoms. The zero-order chi connectivity index (χ0) is 25.8. The molecule has 2 aromatic carbocycles. The van der Waals surface area contributed by atoms with E-state index in [1.807, 2.05) is 6.92 Å². The van der Waals surface area contributed by atoms with E-state index in [2.05, 4.69) is 4.90 Å². The fraction of sp³-hybridized carbons (Fsp3) is 0.407. The molecular formula is C27H32N2O7. The van der Waals surface area contributed by atoms with Gasteiger partial charge in [-0.25, -0.2) is 0 Å². The van der Waals surface area contributed by atoms with E-state index in [4.69, 9.17) is 14.2 Å². The van der Waals surface area contributed by atoms with E-state index in [0.717, 1.165) is 25.2 Å². The number of aryl methyl sites for hydroxylation is 1. The Morgan fingerprint density at radius 2 is 1.75 bits per heavy atom. The largest absolute Gasteiger partial charge is 0.507 e. The summed E-state index contributed by atoms with van der Waals surface area (Å²) < 4.78 is 16.2. The summed E-state index contributed by atoms with van der Waals surface area (Å²) in [4.78, 5) is 30.3. The Kier molecular flexibility index (Phi) is 7.81. The number of carbonyl (C=O) groups excluding carboxylic acids is 2. The highest BCUT2D eigenvalue weighted by molar-refractivity contribution is 6.46. The molecule has 2 heterocycles. The van der Waals surface area contributed by atoms with Crippen LogP contribution in [0.4, 0.5) is 0 Å². The van der Waals surface area contributed by atoms with Gasteiger partial charge >= 0.3 is 0 Å². The molecule has 2 aromatic rings. The van der Waals surface area contributed by atoms with Gasteiger partial charge in [-0.3, -0.25) is 14.5 Å². The molecule has 0 aromatic heterocycles. The highest BCUT2D eigenvalue weighted by Gasteiger charge is 2.46. The van der Waals surface area contributed by atoms with Gasteiger partial charge in [-0.1, -0.05) is 17.7 Å². The van der Waals surface area contributed by atoms with Crippen LogP contribution in [0.1, 0.15) is 29.2 Å². The van der Waals surface area contributed by atoms with Gasteiger partial charge in [0.2, 0.25) is 0 Å². The van der Waals surface area contributed by atoms with Crippen molar-refractivity contribution in [3.05, 3.63) is 58.7 Å². The number of phenols is 1. The van der Waals surface area contributed by atoms with Crippen molar-refractivity contribution in [2.75, 3.05) is 53.6 Å². The number of amides is 1. The van der Waals surface area contributed by atoms with Gasteiger partial charge in [0.25, 0.3) is 11.7 Å². The van der Waals surface area contributed by atoms with E-state index in [0.29, 0.717) is 43.2 Å². The maximum Gasteiger partial charge on any atom is 0.295 e. The highest BCUT2D eigenvalue weighted by atomic mass is 16.5. The summed E-state index contributed by atoms with van der Waals surface area (Å²) in [5.74, 6) is -1.13. The normalized spacial score (nSPS) is 20.1. The van der Waals surface area contributed by atoms with Crippen molar-refractivity contribution in [3.63, 3.8) is 0 Å². The number of Topliss-reactive ketones (excluding diaryl/α,β-unsaturated/α-hetero) is 1. The number of ketones is 1. The molecule has 1 atom stereocenters. The lowest BCUT2D eigenvalue weighted by atomic mass is 9.94. The van der Waals surface area contributed by atoms with Crippen LogP contribution >= 0.6 is 0 Å². The quantitative estimate of drug-likeness (QED) is 0.326. The number of nitrogens with zero attached hydrogens (tertiary/aromatic N) is 2. The molecule has 1 amide bonds. The molecule has 2 aliphatic rings. The summed E-state index contributed by atoms with van der Waals surface area (Å²) in [7, 11) is 3.03. The second kappa shape index (κ2) is 11.0. The molecule has 0 saturated carbocycles. The number of benzene rings is 2. The number of rotatable bonds is 8. The molecule has 9 heteroatoms. The number of hydrogen-bond acceptors (Lipinski definition) is 8. The average molecular weight is 497 g/mol. The smallest absolute Gasteiger partial charge is 0.295 e. The minimum absolute atomic E-state index is 0.0699. The number of carbonyl (C=O) groups is 2. The van der Waals surface area contributed by atoms with E-state index in [1.54, 1.807) is 30.3 Å². The fourth-order valence-electron chi connectivity index (χ4n) is 4.75. The van der Waals surface area contributed by atoms with Crippen LogP contribution in [0, 0.1) is 6.92 Å². The molecule has 2 N–H and O–H groups in total. The third-order valence-corrected chi connectivity index (χ3v) is 6.65. The van der Waals surface area contributed by atoms with Crippen LogP contribution in [-0.4, -0.2) is 85.3 Å². The molecule has 36 heavy (non-hydrogen) atoms. The molecule has 192 valence electrons. The van der Waals surface area contributed by atoms with Gasteiger partial charge in [0.05, 0.1) is 44.6 Å². The first-order chi connectivity index (χ1) is 17.3. The third-order valence-electron chi connectivity index (χ3n) is 6.65. The summed E-state index contributed by atoms with van der Waals surface area (Å²) in [5, 5.41) is 21.7. The Balaban J connectivity index is 1.75. The van der Waals surface area contributed by atoms with Gasteiger partial charge in [-0.05, 0) is 43.2 Å². The molecule has 2 saturated heterocycles.